The zero-order valence-corrected chi connectivity index (χ0v) is 9.37. The van der Waals surface area contributed by atoms with Crippen molar-refractivity contribution >= 4 is 17.3 Å². The van der Waals surface area contributed by atoms with Crippen LogP contribution in [0.1, 0.15) is 18.9 Å². The molecule has 0 aromatic heterocycles. The average molecular weight is 204 g/mol. The van der Waals surface area contributed by atoms with Crippen LogP contribution in [0.2, 0.25) is 0 Å². The van der Waals surface area contributed by atoms with E-state index in [1.807, 2.05) is 31.9 Å². The first kappa shape index (κ1) is 10.0. The van der Waals surface area contributed by atoms with Crippen molar-refractivity contribution in [2.75, 3.05) is 17.3 Å². The van der Waals surface area contributed by atoms with Crippen LogP contribution in [0.3, 0.4) is 0 Å². The summed E-state index contributed by atoms with van der Waals surface area (Å²) in [5.74, 6) is 0.0955. The number of fused-ring (bicyclic) bond motifs is 1. The summed E-state index contributed by atoms with van der Waals surface area (Å²) < 4.78 is 0. The van der Waals surface area contributed by atoms with Gasteiger partial charge in [0.25, 0.3) is 0 Å². The summed E-state index contributed by atoms with van der Waals surface area (Å²) >= 11 is 0. The van der Waals surface area contributed by atoms with Gasteiger partial charge < -0.3 is 10.2 Å². The third-order valence-electron chi connectivity index (χ3n) is 2.95. The molecule has 2 rings (SSSR count). The number of carbonyl (C=O) groups is 1. The number of rotatable bonds is 1. The fraction of sp³-hybridized carbons (Fsp3) is 0.417. The summed E-state index contributed by atoms with van der Waals surface area (Å²) in [4.78, 5) is 13.8. The first-order valence-corrected chi connectivity index (χ1v) is 5.28. The van der Waals surface area contributed by atoms with E-state index < -0.39 is 0 Å². The minimum Gasteiger partial charge on any atom is -0.361 e. The molecule has 3 nitrogen and oxygen atoms in total. The van der Waals surface area contributed by atoms with Crippen LogP contribution in [-0.4, -0.2) is 19.0 Å². The van der Waals surface area contributed by atoms with Crippen molar-refractivity contribution in [1.82, 2.24) is 0 Å². The highest BCUT2D eigenvalue weighted by atomic mass is 16.2. The first-order valence-electron chi connectivity index (χ1n) is 5.28. The van der Waals surface area contributed by atoms with Crippen LogP contribution >= 0.6 is 0 Å². The van der Waals surface area contributed by atoms with Gasteiger partial charge >= 0.3 is 0 Å². The normalized spacial score (nSPS) is 19.8. The Morgan fingerprint density at radius 3 is 2.87 bits per heavy atom. The van der Waals surface area contributed by atoms with Crippen LogP contribution in [-0.2, 0) is 4.79 Å². The topological polar surface area (TPSA) is 32.3 Å². The van der Waals surface area contributed by atoms with Gasteiger partial charge in [-0.1, -0.05) is 13.0 Å². The first-order chi connectivity index (χ1) is 7.13. The Morgan fingerprint density at radius 1 is 1.47 bits per heavy atom. The van der Waals surface area contributed by atoms with Crippen LogP contribution < -0.4 is 10.2 Å². The predicted octanol–water partition coefficient (Wildman–Crippen LogP) is 2.16. The van der Waals surface area contributed by atoms with E-state index in [0.29, 0.717) is 0 Å². The van der Waals surface area contributed by atoms with E-state index in [9.17, 15) is 4.79 Å². The van der Waals surface area contributed by atoms with Gasteiger partial charge in [0, 0.05) is 7.05 Å². The summed E-state index contributed by atoms with van der Waals surface area (Å²) in [6, 6.07) is 6.10. The molecule has 15 heavy (non-hydrogen) atoms. The summed E-state index contributed by atoms with van der Waals surface area (Å²) in [7, 11) is 1.97. The van der Waals surface area contributed by atoms with Gasteiger partial charge in [-0.05, 0) is 31.0 Å². The molecule has 80 valence electrons. The smallest absolute Gasteiger partial charge is 0.247 e. The maximum Gasteiger partial charge on any atom is 0.247 e. The van der Waals surface area contributed by atoms with Crippen molar-refractivity contribution < 1.29 is 4.79 Å². The third kappa shape index (κ3) is 1.58. The molecular formula is C12H16N2O. The van der Waals surface area contributed by atoms with E-state index in [-0.39, 0.29) is 11.9 Å². The summed E-state index contributed by atoms with van der Waals surface area (Å²) in [6.45, 7) is 4.05. The second-order valence-corrected chi connectivity index (χ2v) is 4.04. The minimum atomic E-state index is -0.0415. The fourth-order valence-corrected chi connectivity index (χ4v) is 2.08. The average Bonchev–Trinajstić information content (AvgIpc) is 2.17. The minimum absolute atomic E-state index is 0.0415. The number of benzene rings is 1. The molecule has 1 heterocycles. The van der Waals surface area contributed by atoms with Gasteiger partial charge in [-0.15, -0.1) is 0 Å². The van der Waals surface area contributed by atoms with E-state index in [2.05, 4.69) is 17.4 Å². The number of likely N-dealkylation sites (N-methyl/N-ethyl adjacent to an activating group) is 1. The number of nitrogens with one attached hydrogen (secondary N) is 1. The highest BCUT2D eigenvalue weighted by Crippen LogP contribution is 2.32. The van der Waals surface area contributed by atoms with Gasteiger partial charge in [0.15, 0.2) is 0 Å². The molecule has 1 aliphatic heterocycles. The van der Waals surface area contributed by atoms with E-state index in [1.54, 1.807) is 0 Å². The van der Waals surface area contributed by atoms with E-state index >= 15 is 0 Å². The number of anilines is 2. The highest BCUT2D eigenvalue weighted by molar-refractivity contribution is 6.03. The molecule has 0 radical (unpaired) electrons. The molecule has 3 heteroatoms. The monoisotopic (exact) mass is 204 g/mol. The quantitative estimate of drug-likeness (QED) is 0.760. The fourth-order valence-electron chi connectivity index (χ4n) is 2.08. The van der Waals surface area contributed by atoms with Crippen molar-refractivity contribution in [3.63, 3.8) is 0 Å². The number of hydrogen-bond donors (Lipinski definition) is 1. The van der Waals surface area contributed by atoms with E-state index in [4.69, 9.17) is 0 Å². The number of hydrogen-bond acceptors (Lipinski definition) is 2. The van der Waals surface area contributed by atoms with Crippen LogP contribution in [0.15, 0.2) is 18.2 Å². The molecule has 0 saturated carbocycles. The molecule has 1 aromatic rings. The van der Waals surface area contributed by atoms with Crippen LogP contribution in [0.5, 0.6) is 0 Å². The summed E-state index contributed by atoms with van der Waals surface area (Å²) in [5.41, 5.74) is 3.19. The Labute approximate surface area is 90.1 Å². The Balaban J connectivity index is 2.45. The van der Waals surface area contributed by atoms with E-state index in [0.717, 1.165) is 23.4 Å². The molecule has 0 saturated heterocycles. The van der Waals surface area contributed by atoms with E-state index in [1.165, 1.54) is 0 Å². The van der Waals surface area contributed by atoms with Crippen molar-refractivity contribution in [3.8, 4) is 0 Å². The van der Waals surface area contributed by atoms with Gasteiger partial charge in [-0.3, -0.25) is 4.79 Å². The highest BCUT2D eigenvalue weighted by Gasteiger charge is 2.28. The van der Waals surface area contributed by atoms with Crippen LogP contribution in [0, 0.1) is 6.92 Å². The molecule has 1 N–H and O–H groups in total. The van der Waals surface area contributed by atoms with Gasteiger partial charge in [-0.25, -0.2) is 0 Å². The lowest BCUT2D eigenvalue weighted by molar-refractivity contribution is -0.117. The molecule has 1 amide bonds. The van der Waals surface area contributed by atoms with Crippen molar-refractivity contribution in [2.24, 2.45) is 0 Å². The van der Waals surface area contributed by atoms with Gasteiger partial charge in [0.2, 0.25) is 5.91 Å². The van der Waals surface area contributed by atoms with Crippen molar-refractivity contribution in [3.05, 3.63) is 23.8 Å². The van der Waals surface area contributed by atoms with Gasteiger partial charge in [-0.2, -0.15) is 0 Å². The standard InChI is InChI=1S/C12H16N2O/c1-4-10-12(15)13-9-7-8(2)5-6-11(9)14(10)3/h5-7,10H,4H2,1-3H3,(H,13,15). The SMILES string of the molecule is CCC1C(=O)Nc2cc(C)ccc2N1C. The van der Waals surface area contributed by atoms with Gasteiger partial charge in [0.1, 0.15) is 6.04 Å². The number of amides is 1. The maximum atomic E-state index is 11.8. The number of nitrogens with zero attached hydrogens (tertiary/aromatic N) is 1. The Morgan fingerprint density at radius 2 is 2.20 bits per heavy atom. The second kappa shape index (κ2) is 3.57. The zero-order valence-electron chi connectivity index (χ0n) is 9.37. The molecule has 0 bridgehead atoms. The Bertz CT molecular complexity index is 401. The number of carbonyl (C=O) groups excluding carboxylic acids is 1. The van der Waals surface area contributed by atoms with Crippen LogP contribution in [0.25, 0.3) is 0 Å². The molecule has 1 atom stereocenters. The molecule has 1 unspecified atom stereocenters. The molecule has 0 aliphatic carbocycles. The molecule has 1 aromatic carbocycles. The lowest BCUT2D eigenvalue weighted by Crippen LogP contribution is -2.45. The zero-order chi connectivity index (χ0) is 11.0. The third-order valence-corrected chi connectivity index (χ3v) is 2.95. The maximum absolute atomic E-state index is 11.8. The van der Waals surface area contributed by atoms with Crippen molar-refractivity contribution in [2.45, 2.75) is 26.3 Å². The Kier molecular flexibility index (Phi) is 2.39. The lowest BCUT2D eigenvalue weighted by atomic mass is 10.1. The number of aryl methyl sites for hydroxylation is 1. The van der Waals surface area contributed by atoms with Gasteiger partial charge in [0.05, 0.1) is 11.4 Å². The molecule has 1 aliphatic rings. The summed E-state index contributed by atoms with van der Waals surface area (Å²) in [5, 5.41) is 2.95. The molecule has 0 spiro atoms. The van der Waals surface area contributed by atoms with Crippen molar-refractivity contribution in [1.29, 1.82) is 0 Å². The molecular weight excluding hydrogens is 188 g/mol. The van der Waals surface area contributed by atoms with Crippen LogP contribution in [0.4, 0.5) is 11.4 Å². The second-order valence-electron chi connectivity index (χ2n) is 4.04. The Hall–Kier alpha value is -1.51. The molecule has 0 fully saturated rings. The predicted molar refractivity (Wildman–Crippen MR) is 62.3 cm³/mol. The summed E-state index contributed by atoms with van der Waals surface area (Å²) in [6.07, 6.45) is 0.829. The lowest BCUT2D eigenvalue weighted by Gasteiger charge is -2.34. The largest absolute Gasteiger partial charge is 0.361 e.